The summed E-state index contributed by atoms with van der Waals surface area (Å²) in [5.74, 6) is -1.02. The molecule has 6 nitrogen and oxygen atoms in total. The smallest absolute Gasteiger partial charge is 0.322 e. The number of hydrazone groups is 1. The van der Waals surface area contributed by atoms with E-state index in [1.807, 2.05) is 0 Å². The van der Waals surface area contributed by atoms with Gasteiger partial charge in [0.05, 0.1) is 22.4 Å². The first kappa shape index (κ1) is 22.0. The van der Waals surface area contributed by atoms with E-state index >= 15 is 0 Å². The van der Waals surface area contributed by atoms with Crippen molar-refractivity contribution in [2.45, 2.75) is 6.18 Å². The average molecular weight is 447 g/mol. The topological polar surface area (TPSA) is 83.5 Å². The van der Waals surface area contributed by atoms with Gasteiger partial charge in [0.15, 0.2) is 0 Å². The maximum absolute atomic E-state index is 12.9. The molecular weight excluding hydrogens is 433 g/mol. The molecule has 0 fully saturated rings. The highest BCUT2D eigenvalue weighted by molar-refractivity contribution is 6.31. The van der Waals surface area contributed by atoms with Crippen molar-refractivity contribution in [1.29, 1.82) is 0 Å². The Morgan fingerprint density at radius 2 is 1.74 bits per heavy atom. The lowest BCUT2D eigenvalue weighted by molar-refractivity contribution is -0.137. The van der Waals surface area contributed by atoms with E-state index in [9.17, 15) is 22.8 Å². The summed E-state index contributed by atoms with van der Waals surface area (Å²) >= 11 is 5.57. The van der Waals surface area contributed by atoms with Gasteiger partial charge in [-0.2, -0.15) is 18.3 Å². The summed E-state index contributed by atoms with van der Waals surface area (Å²) in [5, 5.41) is 5.77. The van der Waals surface area contributed by atoms with Crippen LogP contribution in [-0.2, 0) is 6.18 Å². The van der Waals surface area contributed by atoms with Crippen LogP contribution in [0.5, 0.6) is 0 Å². The second kappa shape index (κ2) is 9.40. The fourth-order valence-corrected chi connectivity index (χ4v) is 2.70. The van der Waals surface area contributed by atoms with E-state index in [1.54, 1.807) is 30.5 Å². The van der Waals surface area contributed by atoms with E-state index in [4.69, 9.17) is 11.6 Å². The maximum atomic E-state index is 12.9. The molecular formula is C21H14ClF3N4O2. The minimum absolute atomic E-state index is 0.0366. The molecule has 0 saturated carbocycles. The first-order valence-corrected chi connectivity index (χ1v) is 9.13. The molecule has 31 heavy (non-hydrogen) atoms. The molecule has 0 saturated heterocycles. The number of hydrogen-bond acceptors (Lipinski definition) is 4. The summed E-state index contributed by atoms with van der Waals surface area (Å²) in [6, 6.07) is 12.4. The molecule has 3 rings (SSSR count). The summed E-state index contributed by atoms with van der Waals surface area (Å²) in [7, 11) is 0. The fraction of sp³-hybridized carbons (Fsp3) is 0.0476. The van der Waals surface area contributed by atoms with Gasteiger partial charge in [-0.1, -0.05) is 23.7 Å². The number of halogens is 4. The van der Waals surface area contributed by atoms with Gasteiger partial charge in [-0.3, -0.25) is 14.6 Å². The van der Waals surface area contributed by atoms with Gasteiger partial charge in [0.2, 0.25) is 0 Å². The Hall–Kier alpha value is -3.72. The maximum Gasteiger partial charge on any atom is 0.417 e. The zero-order valence-electron chi connectivity index (χ0n) is 15.7. The van der Waals surface area contributed by atoms with Crippen LogP contribution in [0, 0.1) is 0 Å². The van der Waals surface area contributed by atoms with Crippen LogP contribution in [0.15, 0.2) is 72.1 Å². The van der Waals surface area contributed by atoms with Gasteiger partial charge in [0.25, 0.3) is 11.8 Å². The van der Waals surface area contributed by atoms with Crippen LogP contribution in [0.1, 0.15) is 31.8 Å². The summed E-state index contributed by atoms with van der Waals surface area (Å²) in [6.45, 7) is 0. The highest BCUT2D eigenvalue weighted by Gasteiger charge is 2.33. The van der Waals surface area contributed by atoms with Crippen molar-refractivity contribution in [2.24, 2.45) is 5.10 Å². The van der Waals surface area contributed by atoms with Crippen LogP contribution in [-0.4, -0.2) is 23.0 Å². The highest BCUT2D eigenvalue weighted by Crippen LogP contribution is 2.36. The van der Waals surface area contributed by atoms with Crippen molar-refractivity contribution in [3.8, 4) is 0 Å². The van der Waals surface area contributed by atoms with Crippen LogP contribution >= 0.6 is 11.6 Å². The number of alkyl halides is 3. The average Bonchev–Trinajstić information content (AvgIpc) is 2.75. The Balaban J connectivity index is 1.62. The molecule has 1 heterocycles. The normalized spacial score (nSPS) is 11.4. The Labute approximate surface area is 179 Å². The molecule has 1 aromatic heterocycles. The molecule has 0 aliphatic rings. The van der Waals surface area contributed by atoms with Crippen LogP contribution in [0.25, 0.3) is 0 Å². The van der Waals surface area contributed by atoms with E-state index in [0.717, 1.165) is 12.1 Å². The number of anilines is 1. The predicted octanol–water partition coefficient (Wildman–Crippen LogP) is 4.77. The molecule has 0 unspecified atom stereocenters. The van der Waals surface area contributed by atoms with Crippen molar-refractivity contribution >= 4 is 35.3 Å². The molecule has 0 bridgehead atoms. The lowest BCUT2D eigenvalue weighted by Crippen LogP contribution is -2.17. The minimum Gasteiger partial charge on any atom is -0.322 e. The molecule has 2 N–H and O–H groups in total. The first-order valence-electron chi connectivity index (χ1n) is 8.75. The summed E-state index contributed by atoms with van der Waals surface area (Å²) in [4.78, 5) is 28.0. The third kappa shape index (κ3) is 5.89. The summed E-state index contributed by atoms with van der Waals surface area (Å²) in [5.41, 5.74) is 2.44. The van der Waals surface area contributed by atoms with Crippen molar-refractivity contribution in [3.63, 3.8) is 0 Å². The van der Waals surface area contributed by atoms with E-state index in [1.165, 1.54) is 30.6 Å². The third-order valence-electron chi connectivity index (χ3n) is 4.01. The van der Waals surface area contributed by atoms with E-state index in [-0.39, 0.29) is 11.3 Å². The van der Waals surface area contributed by atoms with Crippen molar-refractivity contribution in [1.82, 2.24) is 10.4 Å². The number of pyridine rings is 1. The summed E-state index contributed by atoms with van der Waals surface area (Å²) in [6.07, 6.45) is -0.313. The minimum atomic E-state index is -4.63. The number of benzene rings is 2. The number of nitrogens with zero attached hydrogens (tertiary/aromatic N) is 2. The van der Waals surface area contributed by atoms with Gasteiger partial charge in [0.1, 0.15) is 0 Å². The Kier molecular flexibility index (Phi) is 6.66. The van der Waals surface area contributed by atoms with Crippen LogP contribution in [0.4, 0.5) is 18.9 Å². The van der Waals surface area contributed by atoms with Crippen molar-refractivity contribution in [2.75, 3.05) is 5.32 Å². The first-order chi connectivity index (χ1) is 14.7. The van der Waals surface area contributed by atoms with Gasteiger partial charge in [0, 0.05) is 23.6 Å². The van der Waals surface area contributed by atoms with Crippen molar-refractivity contribution < 1.29 is 22.8 Å². The SMILES string of the molecule is O=C(NN=Cc1ccc(C(=O)Nc2ccc(Cl)c(C(F)(F)F)c2)cc1)c1cccnc1. The van der Waals surface area contributed by atoms with Crippen LogP contribution in [0.3, 0.4) is 0 Å². The molecule has 0 aliphatic heterocycles. The number of amides is 2. The van der Waals surface area contributed by atoms with Gasteiger partial charge in [-0.25, -0.2) is 5.43 Å². The third-order valence-corrected chi connectivity index (χ3v) is 4.34. The zero-order chi connectivity index (χ0) is 22.4. The molecule has 0 radical (unpaired) electrons. The monoisotopic (exact) mass is 446 g/mol. The number of carbonyl (C=O) groups excluding carboxylic acids is 2. The molecule has 0 atom stereocenters. The number of rotatable bonds is 5. The largest absolute Gasteiger partial charge is 0.417 e. The Bertz CT molecular complexity index is 1120. The molecule has 3 aromatic rings. The second-order valence-corrected chi connectivity index (χ2v) is 6.62. The summed E-state index contributed by atoms with van der Waals surface area (Å²) < 4.78 is 38.8. The van der Waals surface area contributed by atoms with Gasteiger partial charge < -0.3 is 5.32 Å². The zero-order valence-corrected chi connectivity index (χ0v) is 16.4. The van der Waals surface area contributed by atoms with Gasteiger partial charge in [-0.15, -0.1) is 0 Å². The second-order valence-electron chi connectivity index (χ2n) is 6.21. The Morgan fingerprint density at radius 1 is 1.00 bits per heavy atom. The predicted molar refractivity (Wildman–Crippen MR) is 110 cm³/mol. The van der Waals surface area contributed by atoms with E-state index < -0.39 is 28.6 Å². The molecule has 2 amide bonds. The van der Waals surface area contributed by atoms with E-state index in [2.05, 4.69) is 20.8 Å². The highest BCUT2D eigenvalue weighted by atomic mass is 35.5. The molecule has 0 spiro atoms. The molecule has 158 valence electrons. The standard InChI is InChI=1S/C21H14ClF3N4O2/c22-18-8-7-16(10-17(18)21(23,24)25)28-19(30)14-5-3-13(4-6-14)11-27-29-20(31)15-2-1-9-26-12-15/h1-12H,(H,28,30)(H,29,31). The quantitative estimate of drug-likeness (QED) is 0.437. The molecule has 10 heteroatoms. The molecule has 2 aromatic carbocycles. The Morgan fingerprint density at radius 3 is 2.39 bits per heavy atom. The lowest BCUT2D eigenvalue weighted by atomic mass is 10.1. The lowest BCUT2D eigenvalue weighted by Gasteiger charge is -2.12. The fourth-order valence-electron chi connectivity index (χ4n) is 2.47. The van der Waals surface area contributed by atoms with Crippen molar-refractivity contribution in [3.05, 3.63) is 94.3 Å². The molecule has 0 aliphatic carbocycles. The van der Waals surface area contributed by atoms with Gasteiger partial charge >= 0.3 is 6.18 Å². The van der Waals surface area contributed by atoms with E-state index in [0.29, 0.717) is 11.1 Å². The number of carbonyl (C=O) groups is 2. The number of hydrogen-bond donors (Lipinski definition) is 2. The van der Waals surface area contributed by atoms with Crippen LogP contribution in [0.2, 0.25) is 5.02 Å². The van der Waals surface area contributed by atoms with Gasteiger partial charge in [-0.05, 0) is 48.0 Å². The van der Waals surface area contributed by atoms with Crippen LogP contribution < -0.4 is 10.7 Å². The number of aromatic nitrogens is 1. The number of nitrogens with one attached hydrogen (secondary N) is 2.